The summed E-state index contributed by atoms with van der Waals surface area (Å²) in [7, 11) is 0. The number of likely N-dealkylation sites (tertiary alicyclic amines) is 1. The minimum atomic E-state index is 0.0475. The minimum Gasteiger partial charge on any atom is -0.397 e. The molecule has 1 amide bonds. The maximum atomic E-state index is 12.1. The molecule has 2 N–H and O–H groups in total. The van der Waals surface area contributed by atoms with Crippen LogP contribution in [0.1, 0.15) is 30.1 Å². The molecule has 16 heavy (non-hydrogen) atoms. The van der Waals surface area contributed by atoms with Gasteiger partial charge in [0.1, 0.15) is 0 Å². The molecular formula is C12H17N3O. The largest absolute Gasteiger partial charge is 0.397 e. The lowest BCUT2D eigenvalue weighted by atomic mass is 10.00. The number of nitrogens with zero attached hydrogens (tertiary/aromatic N) is 2. The number of amides is 1. The molecule has 86 valence electrons. The zero-order valence-corrected chi connectivity index (χ0v) is 9.52. The van der Waals surface area contributed by atoms with Gasteiger partial charge in [0.25, 0.3) is 5.91 Å². The fraction of sp³-hybridized carbons (Fsp3) is 0.500. The number of hydrogen-bond acceptors (Lipinski definition) is 3. The van der Waals surface area contributed by atoms with Gasteiger partial charge in [0.2, 0.25) is 0 Å². The van der Waals surface area contributed by atoms with Crippen LogP contribution in [0.25, 0.3) is 0 Å². The molecule has 1 aromatic heterocycles. The van der Waals surface area contributed by atoms with Gasteiger partial charge in [-0.1, -0.05) is 6.92 Å². The number of hydrogen-bond donors (Lipinski definition) is 1. The van der Waals surface area contributed by atoms with Crippen LogP contribution in [-0.4, -0.2) is 28.9 Å². The standard InChI is InChI=1S/C12H17N3O/c1-9-3-2-4-15(8-9)12(16)10-5-11(13)7-14-6-10/h5-7,9H,2-4,8,13H2,1H3. The van der Waals surface area contributed by atoms with E-state index in [-0.39, 0.29) is 5.91 Å². The van der Waals surface area contributed by atoms with E-state index in [1.54, 1.807) is 18.5 Å². The van der Waals surface area contributed by atoms with Crippen LogP contribution in [0.4, 0.5) is 5.69 Å². The van der Waals surface area contributed by atoms with E-state index >= 15 is 0 Å². The van der Waals surface area contributed by atoms with Gasteiger partial charge in [0.05, 0.1) is 11.3 Å². The lowest BCUT2D eigenvalue weighted by Crippen LogP contribution is -2.39. The Morgan fingerprint density at radius 3 is 3.06 bits per heavy atom. The molecule has 0 aliphatic carbocycles. The Morgan fingerprint density at radius 2 is 2.38 bits per heavy atom. The molecule has 1 saturated heterocycles. The van der Waals surface area contributed by atoms with Gasteiger partial charge in [-0.3, -0.25) is 9.78 Å². The lowest BCUT2D eigenvalue weighted by Gasteiger charge is -2.30. The Hall–Kier alpha value is -1.58. The van der Waals surface area contributed by atoms with Gasteiger partial charge in [-0.15, -0.1) is 0 Å². The Kier molecular flexibility index (Phi) is 3.08. The third-order valence-corrected chi connectivity index (χ3v) is 2.95. The normalized spacial score (nSPS) is 20.8. The number of aromatic nitrogens is 1. The number of carbonyl (C=O) groups is 1. The SMILES string of the molecule is CC1CCCN(C(=O)c2cncc(N)c2)C1. The molecule has 0 bridgehead atoms. The van der Waals surface area contributed by atoms with Crippen LogP contribution in [0.15, 0.2) is 18.5 Å². The van der Waals surface area contributed by atoms with Gasteiger partial charge in [-0.05, 0) is 24.8 Å². The molecule has 1 atom stereocenters. The first kappa shape index (κ1) is 10.9. The van der Waals surface area contributed by atoms with E-state index in [9.17, 15) is 4.79 Å². The number of rotatable bonds is 1. The molecule has 4 heteroatoms. The van der Waals surface area contributed by atoms with Crippen LogP contribution in [0.5, 0.6) is 0 Å². The molecule has 1 aliphatic rings. The Labute approximate surface area is 95.5 Å². The molecule has 1 aliphatic heterocycles. The van der Waals surface area contributed by atoms with E-state index in [2.05, 4.69) is 11.9 Å². The van der Waals surface area contributed by atoms with E-state index in [0.717, 1.165) is 19.5 Å². The number of carbonyl (C=O) groups excluding carboxylic acids is 1. The van der Waals surface area contributed by atoms with Gasteiger partial charge in [0, 0.05) is 25.5 Å². The summed E-state index contributed by atoms with van der Waals surface area (Å²) < 4.78 is 0. The Morgan fingerprint density at radius 1 is 1.56 bits per heavy atom. The highest BCUT2D eigenvalue weighted by molar-refractivity contribution is 5.94. The van der Waals surface area contributed by atoms with Gasteiger partial charge in [-0.25, -0.2) is 0 Å². The minimum absolute atomic E-state index is 0.0475. The molecule has 2 heterocycles. The van der Waals surface area contributed by atoms with Crippen molar-refractivity contribution in [2.45, 2.75) is 19.8 Å². The molecule has 1 unspecified atom stereocenters. The number of piperidine rings is 1. The predicted molar refractivity (Wildman–Crippen MR) is 63.0 cm³/mol. The van der Waals surface area contributed by atoms with E-state index in [1.165, 1.54) is 6.42 Å². The van der Waals surface area contributed by atoms with E-state index < -0.39 is 0 Å². The monoisotopic (exact) mass is 219 g/mol. The third kappa shape index (κ3) is 2.32. The Bertz CT molecular complexity index is 392. The molecule has 0 spiro atoms. The molecule has 2 rings (SSSR count). The topological polar surface area (TPSA) is 59.2 Å². The molecule has 4 nitrogen and oxygen atoms in total. The molecule has 1 aromatic rings. The summed E-state index contributed by atoms with van der Waals surface area (Å²) >= 11 is 0. The first-order chi connectivity index (χ1) is 7.66. The van der Waals surface area contributed by atoms with Gasteiger partial charge in [0.15, 0.2) is 0 Å². The summed E-state index contributed by atoms with van der Waals surface area (Å²) in [4.78, 5) is 18.0. The second-order valence-electron chi connectivity index (χ2n) is 4.51. The maximum absolute atomic E-state index is 12.1. The first-order valence-electron chi connectivity index (χ1n) is 5.66. The average Bonchev–Trinajstić information content (AvgIpc) is 2.28. The van der Waals surface area contributed by atoms with Gasteiger partial charge < -0.3 is 10.6 Å². The lowest BCUT2D eigenvalue weighted by molar-refractivity contribution is 0.0682. The third-order valence-electron chi connectivity index (χ3n) is 2.95. The molecule has 0 radical (unpaired) electrons. The fourth-order valence-electron chi connectivity index (χ4n) is 2.13. The quantitative estimate of drug-likeness (QED) is 0.779. The van der Waals surface area contributed by atoms with Crippen molar-refractivity contribution in [2.75, 3.05) is 18.8 Å². The fourth-order valence-corrected chi connectivity index (χ4v) is 2.13. The molecule has 1 fully saturated rings. The van der Waals surface area contributed by atoms with Crippen molar-refractivity contribution in [3.63, 3.8) is 0 Å². The van der Waals surface area contributed by atoms with Crippen LogP contribution in [0.3, 0.4) is 0 Å². The number of pyridine rings is 1. The number of anilines is 1. The van der Waals surface area contributed by atoms with Crippen molar-refractivity contribution >= 4 is 11.6 Å². The first-order valence-corrected chi connectivity index (χ1v) is 5.66. The van der Waals surface area contributed by atoms with Crippen molar-refractivity contribution in [1.29, 1.82) is 0 Å². The van der Waals surface area contributed by atoms with Crippen LogP contribution in [0, 0.1) is 5.92 Å². The summed E-state index contributed by atoms with van der Waals surface area (Å²) in [6.45, 7) is 3.86. The van der Waals surface area contributed by atoms with E-state index in [4.69, 9.17) is 5.73 Å². The highest BCUT2D eigenvalue weighted by Gasteiger charge is 2.22. The van der Waals surface area contributed by atoms with Crippen LogP contribution < -0.4 is 5.73 Å². The number of nitrogens with two attached hydrogens (primary N) is 1. The van der Waals surface area contributed by atoms with Crippen LogP contribution in [-0.2, 0) is 0 Å². The van der Waals surface area contributed by atoms with Gasteiger partial charge in [-0.2, -0.15) is 0 Å². The van der Waals surface area contributed by atoms with E-state index in [0.29, 0.717) is 17.2 Å². The summed E-state index contributed by atoms with van der Waals surface area (Å²) in [5, 5.41) is 0. The Balaban J connectivity index is 2.12. The van der Waals surface area contributed by atoms with Gasteiger partial charge >= 0.3 is 0 Å². The highest BCUT2D eigenvalue weighted by Crippen LogP contribution is 2.18. The second kappa shape index (κ2) is 4.51. The van der Waals surface area contributed by atoms with Crippen molar-refractivity contribution < 1.29 is 4.79 Å². The molecule has 0 aromatic carbocycles. The van der Waals surface area contributed by atoms with Crippen molar-refractivity contribution in [3.8, 4) is 0 Å². The zero-order chi connectivity index (χ0) is 11.5. The second-order valence-corrected chi connectivity index (χ2v) is 4.51. The summed E-state index contributed by atoms with van der Waals surface area (Å²) in [5.74, 6) is 0.637. The van der Waals surface area contributed by atoms with Crippen molar-refractivity contribution in [2.24, 2.45) is 5.92 Å². The summed E-state index contributed by atoms with van der Waals surface area (Å²) in [6, 6.07) is 1.69. The maximum Gasteiger partial charge on any atom is 0.255 e. The predicted octanol–water partition coefficient (Wildman–Crippen LogP) is 1.54. The van der Waals surface area contributed by atoms with Crippen molar-refractivity contribution in [1.82, 2.24) is 9.88 Å². The molecular weight excluding hydrogens is 202 g/mol. The summed E-state index contributed by atoms with van der Waals surface area (Å²) in [6.07, 6.45) is 5.43. The smallest absolute Gasteiger partial charge is 0.255 e. The average molecular weight is 219 g/mol. The van der Waals surface area contributed by atoms with E-state index in [1.807, 2.05) is 4.90 Å². The zero-order valence-electron chi connectivity index (χ0n) is 9.52. The highest BCUT2D eigenvalue weighted by atomic mass is 16.2. The molecule has 0 saturated carbocycles. The van der Waals surface area contributed by atoms with Crippen molar-refractivity contribution in [3.05, 3.63) is 24.0 Å². The summed E-state index contributed by atoms with van der Waals surface area (Å²) in [5.41, 5.74) is 6.75. The van der Waals surface area contributed by atoms with Crippen LogP contribution >= 0.6 is 0 Å². The number of nitrogen functional groups attached to an aromatic ring is 1. The van der Waals surface area contributed by atoms with Crippen LogP contribution in [0.2, 0.25) is 0 Å².